The van der Waals surface area contributed by atoms with Crippen LogP contribution in [0.3, 0.4) is 0 Å². The number of rotatable bonds is 7. The molecule has 0 aliphatic heterocycles. The quantitative estimate of drug-likeness (QED) is 0.781. The fraction of sp³-hybridized carbons (Fsp3) is 0.562. The molecule has 7 heteroatoms. The van der Waals surface area contributed by atoms with E-state index in [1.807, 2.05) is 24.3 Å². The van der Waals surface area contributed by atoms with Gasteiger partial charge in [-0.3, -0.25) is 9.00 Å². The zero-order valence-corrected chi connectivity index (χ0v) is 15.0. The normalized spacial score (nSPS) is 17.3. The van der Waals surface area contributed by atoms with Crippen molar-refractivity contribution in [1.82, 2.24) is 0 Å². The average Bonchev–Trinajstić information content (AvgIpc) is 2.94. The number of hydrogen-bond acceptors (Lipinski definition) is 4. The minimum Gasteiger partial charge on any atom is -0.384 e. The van der Waals surface area contributed by atoms with Crippen molar-refractivity contribution >= 4 is 34.8 Å². The number of hydrogen-bond donors (Lipinski definition) is 2. The molecule has 1 amide bonds. The molecule has 1 aromatic rings. The Morgan fingerprint density at radius 2 is 2.09 bits per heavy atom. The van der Waals surface area contributed by atoms with Gasteiger partial charge in [0.2, 0.25) is 5.91 Å². The van der Waals surface area contributed by atoms with Crippen LogP contribution in [0.4, 0.5) is 5.69 Å². The second-order valence-electron chi connectivity index (χ2n) is 5.80. The zero-order chi connectivity index (χ0) is 16.0. The molecule has 5 nitrogen and oxygen atoms in total. The molecule has 23 heavy (non-hydrogen) atoms. The maximum absolute atomic E-state index is 12.3. The lowest BCUT2D eigenvalue weighted by Crippen LogP contribution is -2.48. The molecular formula is C16H25ClN2O3S. The summed E-state index contributed by atoms with van der Waals surface area (Å²) in [7, 11) is 0.632. The highest BCUT2D eigenvalue weighted by Gasteiger charge is 2.36. The second-order valence-corrected chi connectivity index (χ2v) is 7.38. The van der Waals surface area contributed by atoms with Crippen molar-refractivity contribution in [2.75, 3.05) is 24.8 Å². The maximum Gasteiger partial charge on any atom is 0.244 e. The Morgan fingerprint density at radius 1 is 1.39 bits per heavy atom. The Labute approximate surface area is 146 Å². The molecule has 1 aliphatic rings. The predicted octanol–water partition coefficient (Wildman–Crippen LogP) is 2.21. The van der Waals surface area contributed by atoms with Gasteiger partial charge in [-0.15, -0.1) is 12.4 Å². The summed E-state index contributed by atoms with van der Waals surface area (Å²) < 4.78 is 16.8. The van der Waals surface area contributed by atoms with E-state index in [0.29, 0.717) is 23.8 Å². The van der Waals surface area contributed by atoms with E-state index in [9.17, 15) is 9.00 Å². The Morgan fingerprint density at radius 3 is 2.74 bits per heavy atom. The van der Waals surface area contributed by atoms with Crippen molar-refractivity contribution < 1.29 is 13.7 Å². The van der Waals surface area contributed by atoms with Gasteiger partial charge in [0.15, 0.2) is 0 Å². The molecule has 1 aromatic carbocycles. The number of carbonyl (C=O) groups excluding carboxylic acids is 1. The molecule has 1 unspecified atom stereocenters. The third-order valence-electron chi connectivity index (χ3n) is 3.98. The number of methoxy groups -OCH3 is 1. The molecule has 0 saturated heterocycles. The number of benzene rings is 1. The zero-order valence-electron chi connectivity index (χ0n) is 13.4. The molecule has 1 aliphatic carbocycles. The summed E-state index contributed by atoms with van der Waals surface area (Å²) in [4.78, 5) is 12.3. The molecule has 2 rings (SSSR count). The van der Waals surface area contributed by atoms with Crippen molar-refractivity contribution in [1.29, 1.82) is 0 Å². The summed E-state index contributed by atoms with van der Waals surface area (Å²) in [5.74, 6) is 0.850. The average molecular weight is 361 g/mol. The Hall–Kier alpha value is -0.950. The van der Waals surface area contributed by atoms with Gasteiger partial charge in [0.1, 0.15) is 0 Å². The van der Waals surface area contributed by atoms with Gasteiger partial charge in [-0.1, -0.05) is 25.0 Å². The number of nitrogens with one attached hydrogen (secondary N) is 1. The summed E-state index contributed by atoms with van der Waals surface area (Å²) >= 11 is 0. The standard InChI is InChI=1S/C16H24N2O3S.ClH/c1-21-9-10-22(20)12-13-5-4-6-14(11-13)18-15(19)16(17)7-2-3-8-16;/h4-6,11H,2-3,7-10,12,17H2,1H3,(H,18,19);1H. The third kappa shape index (κ3) is 5.88. The van der Waals surface area contributed by atoms with Crippen molar-refractivity contribution in [2.24, 2.45) is 5.73 Å². The first-order chi connectivity index (χ1) is 10.5. The van der Waals surface area contributed by atoms with Crippen LogP contribution in [0.2, 0.25) is 0 Å². The summed E-state index contributed by atoms with van der Waals surface area (Å²) in [6.45, 7) is 0.485. The van der Waals surface area contributed by atoms with E-state index < -0.39 is 16.3 Å². The first-order valence-corrected chi connectivity index (χ1v) is 9.05. The van der Waals surface area contributed by atoms with Crippen LogP contribution in [0.15, 0.2) is 24.3 Å². The van der Waals surface area contributed by atoms with Crippen molar-refractivity contribution in [3.05, 3.63) is 29.8 Å². The number of halogens is 1. The lowest BCUT2D eigenvalue weighted by atomic mass is 9.98. The maximum atomic E-state index is 12.3. The third-order valence-corrected chi connectivity index (χ3v) is 5.25. The van der Waals surface area contributed by atoms with Crippen LogP contribution < -0.4 is 11.1 Å². The first-order valence-electron chi connectivity index (χ1n) is 7.57. The fourth-order valence-electron chi connectivity index (χ4n) is 2.66. The highest BCUT2D eigenvalue weighted by atomic mass is 35.5. The molecule has 0 heterocycles. The Balaban J connectivity index is 0.00000264. The molecule has 0 spiro atoms. The van der Waals surface area contributed by atoms with Gasteiger partial charge in [-0.2, -0.15) is 0 Å². The number of anilines is 1. The number of amides is 1. The predicted molar refractivity (Wildman–Crippen MR) is 96.3 cm³/mol. The van der Waals surface area contributed by atoms with E-state index in [1.54, 1.807) is 7.11 Å². The minimum absolute atomic E-state index is 0. The Kier molecular flexibility index (Phi) is 8.19. The van der Waals surface area contributed by atoms with E-state index in [0.717, 1.165) is 31.2 Å². The molecule has 0 bridgehead atoms. The van der Waals surface area contributed by atoms with Crippen LogP contribution in [-0.2, 0) is 26.1 Å². The fourth-order valence-corrected chi connectivity index (χ4v) is 3.71. The number of ether oxygens (including phenoxy) is 1. The van der Waals surface area contributed by atoms with E-state index in [4.69, 9.17) is 10.5 Å². The molecular weight excluding hydrogens is 336 g/mol. The summed E-state index contributed by atoms with van der Waals surface area (Å²) in [6.07, 6.45) is 3.48. The van der Waals surface area contributed by atoms with E-state index >= 15 is 0 Å². The minimum atomic E-state index is -0.965. The van der Waals surface area contributed by atoms with E-state index in [-0.39, 0.29) is 18.3 Å². The van der Waals surface area contributed by atoms with Gasteiger partial charge < -0.3 is 15.8 Å². The molecule has 1 saturated carbocycles. The van der Waals surface area contributed by atoms with Gasteiger partial charge >= 0.3 is 0 Å². The molecule has 130 valence electrons. The molecule has 3 N–H and O–H groups in total. The second kappa shape index (κ2) is 9.37. The van der Waals surface area contributed by atoms with Gasteiger partial charge in [-0.25, -0.2) is 0 Å². The van der Waals surface area contributed by atoms with Crippen molar-refractivity contribution in [3.63, 3.8) is 0 Å². The first kappa shape index (κ1) is 20.1. The summed E-state index contributed by atoms with van der Waals surface area (Å²) in [6, 6.07) is 7.46. The van der Waals surface area contributed by atoms with Gasteiger partial charge in [-0.05, 0) is 30.5 Å². The van der Waals surface area contributed by atoms with Crippen LogP contribution in [-0.4, -0.2) is 35.1 Å². The number of carbonyl (C=O) groups is 1. The van der Waals surface area contributed by atoms with Crippen LogP contribution in [0.5, 0.6) is 0 Å². The lowest BCUT2D eigenvalue weighted by molar-refractivity contribution is -0.121. The van der Waals surface area contributed by atoms with Crippen molar-refractivity contribution in [2.45, 2.75) is 37.0 Å². The molecule has 0 radical (unpaired) electrons. The van der Waals surface area contributed by atoms with E-state index in [1.165, 1.54) is 0 Å². The van der Waals surface area contributed by atoms with Crippen molar-refractivity contribution in [3.8, 4) is 0 Å². The van der Waals surface area contributed by atoms with Crippen LogP contribution in [0, 0.1) is 0 Å². The molecule has 1 fully saturated rings. The van der Waals surface area contributed by atoms with E-state index in [2.05, 4.69) is 5.32 Å². The lowest BCUT2D eigenvalue weighted by Gasteiger charge is -2.22. The topological polar surface area (TPSA) is 81.4 Å². The largest absolute Gasteiger partial charge is 0.384 e. The van der Waals surface area contributed by atoms with Gasteiger partial charge in [0.25, 0.3) is 0 Å². The SMILES string of the molecule is COCCS(=O)Cc1cccc(NC(=O)C2(N)CCCC2)c1.Cl. The summed E-state index contributed by atoms with van der Waals surface area (Å²) in [5.41, 5.74) is 7.06. The monoisotopic (exact) mass is 360 g/mol. The van der Waals surface area contributed by atoms with Gasteiger partial charge in [0.05, 0.1) is 12.1 Å². The van der Waals surface area contributed by atoms with Crippen LogP contribution in [0.25, 0.3) is 0 Å². The molecule has 1 atom stereocenters. The summed E-state index contributed by atoms with van der Waals surface area (Å²) in [5, 5.41) is 2.89. The van der Waals surface area contributed by atoms with Gasteiger partial charge in [0, 0.05) is 35.1 Å². The molecule has 0 aromatic heterocycles. The number of nitrogens with two attached hydrogens (primary N) is 1. The highest BCUT2D eigenvalue weighted by molar-refractivity contribution is 7.84. The Bertz CT molecular complexity index is 548. The smallest absolute Gasteiger partial charge is 0.244 e. The van der Waals surface area contributed by atoms with Crippen LogP contribution in [0.1, 0.15) is 31.2 Å². The van der Waals surface area contributed by atoms with Crippen LogP contribution >= 0.6 is 12.4 Å². The highest BCUT2D eigenvalue weighted by Crippen LogP contribution is 2.28.